The summed E-state index contributed by atoms with van der Waals surface area (Å²) in [5.74, 6) is 0. The molecule has 0 aromatic carbocycles. The predicted molar refractivity (Wildman–Crippen MR) is 39.1 cm³/mol. The van der Waals surface area contributed by atoms with Crippen molar-refractivity contribution in [3.63, 3.8) is 0 Å². The molecule has 0 aliphatic rings. The first-order valence-corrected chi connectivity index (χ1v) is 1.85. The fourth-order valence-corrected chi connectivity index (χ4v) is 0.149. The number of aldehydes is 1. The summed E-state index contributed by atoms with van der Waals surface area (Å²) in [6.07, 6.45) is 0.875. The molecule has 0 unspecified atom stereocenters. The molecule has 0 fully saturated rings. The van der Waals surface area contributed by atoms with Gasteiger partial charge in [-0.15, -0.1) is 24.8 Å². The first-order chi connectivity index (χ1) is 2.77. The number of likely N-dealkylation sites (N-methyl/N-ethyl adjacent to an activating group) is 1. The van der Waals surface area contributed by atoms with Gasteiger partial charge in [0.25, 0.3) is 0 Å². The Balaban J connectivity index is -0.000000125. The van der Waals surface area contributed by atoms with Crippen LogP contribution in [0.1, 0.15) is 0 Å². The lowest BCUT2D eigenvalue weighted by Gasteiger charge is -1.99. The van der Waals surface area contributed by atoms with Gasteiger partial charge >= 0.3 is 0 Å². The number of carbonyl (C=O) groups excluding carboxylic acids is 1. The summed E-state index contributed by atoms with van der Waals surface area (Å²) in [6, 6.07) is 0. The maximum atomic E-state index is 9.57. The van der Waals surface area contributed by atoms with Gasteiger partial charge in [-0.1, -0.05) is 0 Å². The van der Waals surface area contributed by atoms with Crippen LogP contribution >= 0.6 is 24.8 Å². The molecule has 0 N–H and O–H groups in total. The molecule has 0 radical (unpaired) electrons. The van der Waals surface area contributed by atoms with Crippen LogP contribution in [0.25, 0.3) is 0 Å². The summed E-state index contributed by atoms with van der Waals surface area (Å²) < 4.78 is 0. The van der Waals surface area contributed by atoms with Gasteiger partial charge in [0.1, 0.15) is 6.29 Å². The Morgan fingerprint density at radius 2 is 1.75 bits per heavy atom. The van der Waals surface area contributed by atoms with Gasteiger partial charge in [0.15, 0.2) is 0 Å². The second-order valence-corrected chi connectivity index (χ2v) is 1.43. The molecule has 0 amide bonds. The highest BCUT2D eigenvalue weighted by Crippen LogP contribution is 1.62. The molecule has 0 aliphatic heterocycles. The van der Waals surface area contributed by atoms with Gasteiger partial charge in [-0.25, -0.2) is 0 Å². The lowest BCUT2D eigenvalue weighted by Crippen LogP contribution is -2.13. The van der Waals surface area contributed by atoms with Gasteiger partial charge in [0.2, 0.25) is 0 Å². The molecule has 2 nitrogen and oxygen atoms in total. The molecule has 0 atom stereocenters. The first-order valence-electron chi connectivity index (χ1n) is 1.85. The fourth-order valence-electron chi connectivity index (χ4n) is 0.149. The highest BCUT2D eigenvalue weighted by Gasteiger charge is 1.79. The zero-order valence-electron chi connectivity index (χ0n) is 4.96. The fraction of sp³-hybridized carbons (Fsp3) is 0.750. The number of nitrogens with zero attached hydrogens (tertiary/aromatic N) is 1. The number of rotatable bonds is 2. The van der Waals surface area contributed by atoms with E-state index in [0.717, 1.165) is 6.29 Å². The van der Waals surface area contributed by atoms with Gasteiger partial charge in [-0.05, 0) is 14.1 Å². The quantitative estimate of drug-likeness (QED) is 0.551. The van der Waals surface area contributed by atoms with Gasteiger partial charge in [-0.2, -0.15) is 0 Å². The lowest BCUT2D eigenvalue weighted by molar-refractivity contribution is -0.108. The summed E-state index contributed by atoms with van der Waals surface area (Å²) in [4.78, 5) is 11.4. The monoisotopic (exact) mass is 159 g/mol. The van der Waals surface area contributed by atoms with Crippen LogP contribution in [0, 0.1) is 0 Å². The van der Waals surface area contributed by atoms with Crippen LogP contribution in [0.2, 0.25) is 0 Å². The first kappa shape index (κ1) is 15.7. The van der Waals surface area contributed by atoms with E-state index >= 15 is 0 Å². The van der Waals surface area contributed by atoms with Gasteiger partial charge in [0.05, 0.1) is 6.54 Å². The third kappa shape index (κ3) is 16.4. The Morgan fingerprint density at radius 1 is 1.38 bits per heavy atom. The second kappa shape index (κ2) is 10.2. The van der Waals surface area contributed by atoms with Crippen molar-refractivity contribution in [2.75, 3.05) is 20.6 Å². The molecule has 0 aromatic rings. The summed E-state index contributed by atoms with van der Waals surface area (Å²) in [5.41, 5.74) is 0. The summed E-state index contributed by atoms with van der Waals surface area (Å²) in [5, 5.41) is 0. The molecule has 0 spiro atoms. The van der Waals surface area contributed by atoms with Crippen molar-refractivity contribution in [1.82, 2.24) is 4.90 Å². The minimum Gasteiger partial charge on any atom is -0.303 e. The lowest BCUT2D eigenvalue weighted by atomic mass is 10.7. The number of hydrogen-bond donors (Lipinski definition) is 0. The van der Waals surface area contributed by atoms with Crippen molar-refractivity contribution in [2.45, 2.75) is 0 Å². The molecule has 8 heavy (non-hydrogen) atoms. The minimum atomic E-state index is 0. The molecular weight excluding hydrogens is 149 g/mol. The van der Waals surface area contributed by atoms with E-state index < -0.39 is 0 Å². The Bertz CT molecular complexity index is 49.3. The molecule has 0 heterocycles. The SMILES string of the molecule is CN(C)CC=O.Cl.Cl. The standard InChI is InChI=1S/C4H9NO.2ClH/c1-5(2)3-4-6;;/h4H,3H2,1-2H3;2*1H. The van der Waals surface area contributed by atoms with E-state index in [0.29, 0.717) is 6.54 Å². The summed E-state index contributed by atoms with van der Waals surface area (Å²) in [7, 11) is 3.71. The number of halogens is 2. The Kier molecular flexibility index (Phi) is 20.1. The summed E-state index contributed by atoms with van der Waals surface area (Å²) >= 11 is 0. The number of carbonyl (C=O) groups is 1. The van der Waals surface area contributed by atoms with Gasteiger partial charge in [-0.3, -0.25) is 0 Å². The Morgan fingerprint density at radius 3 is 1.75 bits per heavy atom. The molecule has 4 heteroatoms. The van der Waals surface area contributed by atoms with Crippen LogP contribution in [0.15, 0.2) is 0 Å². The largest absolute Gasteiger partial charge is 0.303 e. The van der Waals surface area contributed by atoms with E-state index in [1.165, 1.54) is 0 Å². The Labute approximate surface area is 62.1 Å². The predicted octanol–water partition coefficient (Wildman–Crippen LogP) is 0.590. The zero-order valence-corrected chi connectivity index (χ0v) is 6.59. The minimum absolute atomic E-state index is 0. The highest BCUT2D eigenvalue weighted by molar-refractivity contribution is 5.85. The van der Waals surface area contributed by atoms with E-state index in [2.05, 4.69) is 0 Å². The van der Waals surface area contributed by atoms with Crippen LogP contribution in [-0.4, -0.2) is 31.8 Å². The third-order valence-electron chi connectivity index (χ3n) is 0.440. The van der Waals surface area contributed by atoms with Crippen molar-refractivity contribution in [1.29, 1.82) is 0 Å². The van der Waals surface area contributed by atoms with Crippen LogP contribution < -0.4 is 0 Å². The molecule has 0 rings (SSSR count). The normalized spacial score (nSPS) is 6.88. The maximum absolute atomic E-state index is 9.57. The molecule has 52 valence electrons. The summed E-state index contributed by atoms with van der Waals surface area (Å²) in [6.45, 7) is 0.528. The number of hydrogen-bond acceptors (Lipinski definition) is 2. The van der Waals surface area contributed by atoms with Gasteiger partial charge in [0, 0.05) is 0 Å². The van der Waals surface area contributed by atoms with Crippen LogP contribution in [0.4, 0.5) is 0 Å². The van der Waals surface area contributed by atoms with E-state index in [4.69, 9.17) is 0 Å². The highest BCUT2D eigenvalue weighted by atomic mass is 35.5. The topological polar surface area (TPSA) is 20.3 Å². The van der Waals surface area contributed by atoms with Crippen LogP contribution in [0.5, 0.6) is 0 Å². The third-order valence-corrected chi connectivity index (χ3v) is 0.440. The van der Waals surface area contributed by atoms with Crippen LogP contribution in [-0.2, 0) is 4.79 Å². The second-order valence-electron chi connectivity index (χ2n) is 1.43. The van der Waals surface area contributed by atoms with Crippen molar-refractivity contribution in [3.05, 3.63) is 0 Å². The van der Waals surface area contributed by atoms with E-state index in [1.807, 2.05) is 19.0 Å². The van der Waals surface area contributed by atoms with E-state index in [-0.39, 0.29) is 24.8 Å². The molecule has 0 bridgehead atoms. The van der Waals surface area contributed by atoms with Crippen molar-refractivity contribution < 1.29 is 4.79 Å². The van der Waals surface area contributed by atoms with Crippen molar-refractivity contribution in [2.24, 2.45) is 0 Å². The Hall–Kier alpha value is 0.210. The maximum Gasteiger partial charge on any atom is 0.133 e. The van der Waals surface area contributed by atoms with E-state index in [1.54, 1.807) is 0 Å². The van der Waals surface area contributed by atoms with Crippen molar-refractivity contribution in [3.8, 4) is 0 Å². The average Bonchev–Trinajstić information content (AvgIpc) is 1.35. The van der Waals surface area contributed by atoms with Crippen molar-refractivity contribution >= 4 is 31.1 Å². The average molecular weight is 160 g/mol. The van der Waals surface area contributed by atoms with Gasteiger partial charge < -0.3 is 9.69 Å². The van der Waals surface area contributed by atoms with Crippen LogP contribution in [0.3, 0.4) is 0 Å². The molecular formula is C4H11Cl2NO. The molecule has 0 aromatic heterocycles. The zero-order chi connectivity index (χ0) is 4.99. The molecule has 0 saturated carbocycles. The van der Waals surface area contributed by atoms with E-state index in [9.17, 15) is 4.79 Å². The smallest absolute Gasteiger partial charge is 0.133 e. The molecule has 0 aliphatic carbocycles. The molecule has 0 saturated heterocycles.